The van der Waals surface area contributed by atoms with Gasteiger partial charge in [0.1, 0.15) is 18.0 Å². The largest absolute Gasteiger partial charge is 0.487 e. The fourth-order valence-corrected chi connectivity index (χ4v) is 2.60. The average molecular weight is 284 g/mol. The van der Waals surface area contributed by atoms with Gasteiger partial charge in [0.2, 0.25) is 0 Å². The first kappa shape index (κ1) is 14.6. The molecule has 106 valence electrons. The Morgan fingerprint density at radius 1 is 1.37 bits per heavy atom. The minimum absolute atomic E-state index is 0.112. The van der Waals surface area contributed by atoms with E-state index in [2.05, 4.69) is 12.2 Å². The lowest BCUT2D eigenvalue weighted by Crippen LogP contribution is -2.61. The van der Waals surface area contributed by atoms with Crippen molar-refractivity contribution in [3.05, 3.63) is 28.8 Å². The normalized spacial score (nSPS) is 26.0. The van der Waals surface area contributed by atoms with Crippen LogP contribution >= 0.6 is 11.6 Å². The second-order valence-electron chi connectivity index (χ2n) is 4.89. The van der Waals surface area contributed by atoms with Gasteiger partial charge in [-0.3, -0.25) is 0 Å². The summed E-state index contributed by atoms with van der Waals surface area (Å²) in [5.41, 5.74) is 1.10. The third-order valence-electron chi connectivity index (χ3n) is 3.50. The zero-order valence-corrected chi connectivity index (χ0v) is 12.5. The van der Waals surface area contributed by atoms with Crippen LogP contribution in [0.5, 0.6) is 5.75 Å². The summed E-state index contributed by atoms with van der Waals surface area (Å²) in [7, 11) is 0. The summed E-state index contributed by atoms with van der Waals surface area (Å²) < 4.78 is 11.8. The number of hydrogen-bond donors (Lipinski definition) is 1. The Balaban J connectivity index is 2.00. The molecule has 0 aliphatic heterocycles. The molecule has 0 aromatic heterocycles. The fraction of sp³-hybridized carbons (Fsp3) is 0.600. The second kappa shape index (κ2) is 6.60. The number of hydrogen-bond acceptors (Lipinski definition) is 3. The van der Waals surface area contributed by atoms with Crippen molar-refractivity contribution in [3.8, 4) is 5.75 Å². The van der Waals surface area contributed by atoms with Gasteiger partial charge in [0.05, 0.1) is 0 Å². The highest BCUT2D eigenvalue weighted by Crippen LogP contribution is 2.31. The van der Waals surface area contributed by atoms with Crippen molar-refractivity contribution in [1.29, 1.82) is 0 Å². The average Bonchev–Trinajstić information content (AvgIpc) is 2.38. The third-order valence-corrected chi connectivity index (χ3v) is 3.74. The number of likely N-dealkylation sites (N-methyl/N-ethyl adjacent to an activating group) is 1. The Labute approximate surface area is 120 Å². The van der Waals surface area contributed by atoms with Crippen molar-refractivity contribution in [2.75, 3.05) is 13.2 Å². The van der Waals surface area contributed by atoms with Gasteiger partial charge in [-0.25, -0.2) is 0 Å². The molecular formula is C15H22ClNO2. The summed E-state index contributed by atoms with van der Waals surface area (Å²) in [5.74, 6) is 0.858. The molecule has 0 spiro atoms. The predicted molar refractivity (Wildman–Crippen MR) is 78.1 cm³/mol. The summed E-state index contributed by atoms with van der Waals surface area (Å²) in [6.45, 7) is 7.82. The summed E-state index contributed by atoms with van der Waals surface area (Å²) in [5, 5.41) is 4.13. The van der Waals surface area contributed by atoms with E-state index < -0.39 is 0 Å². The van der Waals surface area contributed by atoms with Gasteiger partial charge in [-0.1, -0.05) is 24.6 Å². The Bertz CT molecular complexity index is 425. The first-order valence-electron chi connectivity index (χ1n) is 6.93. The molecule has 1 fully saturated rings. The quantitative estimate of drug-likeness (QED) is 0.870. The van der Waals surface area contributed by atoms with Crippen molar-refractivity contribution in [3.63, 3.8) is 0 Å². The molecule has 3 atom stereocenters. The molecule has 2 rings (SSSR count). The molecule has 0 radical (unpaired) electrons. The lowest BCUT2D eigenvalue weighted by atomic mass is 9.85. The van der Waals surface area contributed by atoms with Crippen LogP contribution in [0.2, 0.25) is 5.02 Å². The molecule has 1 aromatic carbocycles. The van der Waals surface area contributed by atoms with E-state index in [0.29, 0.717) is 17.7 Å². The molecular weight excluding hydrogens is 262 g/mol. The van der Waals surface area contributed by atoms with E-state index in [-0.39, 0.29) is 12.2 Å². The minimum atomic E-state index is 0.112. The van der Waals surface area contributed by atoms with Crippen LogP contribution in [0.4, 0.5) is 0 Å². The summed E-state index contributed by atoms with van der Waals surface area (Å²) in [4.78, 5) is 0. The predicted octanol–water partition coefficient (Wildman–Crippen LogP) is 3.18. The molecule has 0 bridgehead atoms. The monoisotopic (exact) mass is 283 g/mol. The zero-order valence-electron chi connectivity index (χ0n) is 11.8. The van der Waals surface area contributed by atoms with Gasteiger partial charge in [0.25, 0.3) is 0 Å². The SMILES string of the molecule is CCNC1CC(Oc2cc(Cl)ccc2C)C1OCC. The van der Waals surface area contributed by atoms with Gasteiger partial charge in [-0.05, 0) is 38.1 Å². The van der Waals surface area contributed by atoms with Crippen LogP contribution in [-0.4, -0.2) is 31.4 Å². The second-order valence-corrected chi connectivity index (χ2v) is 5.32. The lowest BCUT2D eigenvalue weighted by molar-refractivity contribution is -0.104. The molecule has 1 saturated carbocycles. The van der Waals surface area contributed by atoms with Gasteiger partial charge >= 0.3 is 0 Å². The molecule has 4 heteroatoms. The number of benzene rings is 1. The maximum Gasteiger partial charge on any atom is 0.128 e. The molecule has 0 saturated heterocycles. The van der Waals surface area contributed by atoms with Gasteiger partial charge in [-0.15, -0.1) is 0 Å². The number of ether oxygens (including phenoxy) is 2. The molecule has 3 unspecified atom stereocenters. The molecule has 0 amide bonds. The summed E-state index contributed by atoms with van der Waals surface area (Å²) in [6.07, 6.45) is 1.22. The maximum atomic E-state index is 6.05. The molecule has 0 heterocycles. The first-order chi connectivity index (χ1) is 9.15. The summed E-state index contributed by atoms with van der Waals surface area (Å²) >= 11 is 6.01. The molecule has 1 aliphatic rings. The van der Waals surface area contributed by atoms with E-state index in [9.17, 15) is 0 Å². The smallest absolute Gasteiger partial charge is 0.128 e. The highest BCUT2D eigenvalue weighted by Gasteiger charge is 2.43. The van der Waals surface area contributed by atoms with Crippen molar-refractivity contribution in [2.24, 2.45) is 0 Å². The zero-order chi connectivity index (χ0) is 13.8. The standard InChI is InChI=1S/C15H22ClNO2/c1-4-17-12-9-14(15(12)18-5-2)19-13-8-11(16)7-6-10(13)3/h6-8,12,14-15,17H,4-5,9H2,1-3H3. The molecule has 1 aliphatic carbocycles. The van der Waals surface area contributed by atoms with E-state index in [1.165, 1.54) is 0 Å². The number of rotatable bonds is 6. The fourth-order valence-electron chi connectivity index (χ4n) is 2.44. The molecule has 3 nitrogen and oxygen atoms in total. The first-order valence-corrected chi connectivity index (χ1v) is 7.31. The van der Waals surface area contributed by atoms with E-state index in [0.717, 1.165) is 24.3 Å². The molecule has 1 N–H and O–H groups in total. The third kappa shape index (κ3) is 3.41. The minimum Gasteiger partial charge on any atom is -0.487 e. The topological polar surface area (TPSA) is 30.5 Å². The highest BCUT2D eigenvalue weighted by atomic mass is 35.5. The Morgan fingerprint density at radius 2 is 2.16 bits per heavy atom. The van der Waals surface area contributed by atoms with Crippen molar-refractivity contribution in [1.82, 2.24) is 5.32 Å². The maximum absolute atomic E-state index is 6.05. The van der Waals surface area contributed by atoms with Crippen LogP contribution in [0.1, 0.15) is 25.8 Å². The Kier molecular flexibility index (Phi) is 5.08. The van der Waals surface area contributed by atoms with Crippen LogP contribution < -0.4 is 10.1 Å². The van der Waals surface area contributed by atoms with Crippen molar-refractivity contribution in [2.45, 2.75) is 45.4 Å². The van der Waals surface area contributed by atoms with Crippen LogP contribution in [0.15, 0.2) is 18.2 Å². The van der Waals surface area contributed by atoms with E-state index in [1.807, 2.05) is 32.0 Å². The van der Waals surface area contributed by atoms with E-state index in [4.69, 9.17) is 21.1 Å². The van der Waals surface area contributed by atoms with Crippen LogP contribution in [0.25, 0.3) is 0 Å². The van der Waals surface area contributed by atoms with Crippen molar-refractivity contribution < 1.29 is 9.47 Å². The van der Waals surface area contributed by atoms with Gasteiger partial charge in [0.15, 0.2) is 0 Å². The van der Waals surface area contributed by atoms with Crippen LogP contribution in [-0.2, 0) is 4.74 Å². The van der Waals surface area contributed by atoms with Gasteiger partial charge < -0.3 is 14.8 Å². The molecule has 1 aromatic rings. The number of aryl methyl sites for hydroxylation is 1. The van der Waals surface area contributed by atoms with E-state index >= 15 is 0 Å². The lowest BCUT2D eigenvalue weighted by Gasteiger charge is -2.44. The van der Waals surface area contributed by atoms with Crippen LogP contribution in [0.3, 0.4) is 0 Å². The Morgan fingerprint density at radius 3 is 2.84 bits per heavy atom. The van der Waals surface area contributed by atoms with Crippen molar-refractivity contribution >= 4 is 11.6 Å². The number of nitrogens with one attached hydrogen (secondary N) is 1. The molecule has 19 heavy (non-hydrogen) atoms. The van der Waals surface area contributed by atoms with E-state index in [1.54, 1.807) is 0 Å². The summed E-state index contributed by atoms with van der Waals surface area (Å²) in [6, 6.07) is 6.13. The van der Waals surface area contributed by atoms with Gasteiger partial charge in [0, 0.05) is 24.1 Å². The van der Waals surface area contributed by atoms with Crippen LogP contribution in [0, 0.1) is 6.92 Å². The van der Waals surface area contributed by atoms with Gasteiger partial charge in [-0.2, -0.15) is 0 Å². The number of halogens is 1. The Hall–Kier alpha value is -0.770. The highest BCUT2D eigenvalue weighted by molar-refractivity contribution is 6.30.